The molecule has 1 unspecified atom stereocenters. The summed E-state index contributed by atoms with van der Waals surface area (Å²) in [5.41, 5.74) is 0.177. The zero-order chi connectivity index (χ0) is 39.1. The number of nitrogens with zero attached hydrogens (tertiary/aromatic N) is 2. The first kappa shape index (κ1) is 40.8. The van der Waals surface area contributed by atoms with Gasteiger partial charge in [-0.15, -0.1) is 13.2 Å². The molecule has 0 aromatic heterocycles. The van der Waals surface area contributed by atoms with Gasteiger partial charge in [-0.1, -0.05) is 108 Å². The summed E-state index contributed by atoms with van der Waals surface area (Å²) in [6.07, 6.45) is 7.73. The molecule has 6 rings (SSSR count). The molecular formula is C43H54BrN3O8. The Hall–Kier alpha value is -3.84. The third kappa shape index (κ3) is 8.33. The largest absolute Gasteiger partial charge is 0.455 e. The third-order valence-corrected chi connectivity index (χ3v) is 12.6. The number of amides is 3. The first-order valence-corrected chi connectivity index (χ1v) is 20.4. The Morgan fingerprint density at radius 1 is 1.07 bits per heavy atom. The number of aliphatic hydroxyl groups is 1. The quantitative estimate of drug-likeness (QED) is 0.121. The van der Waals surface area contributed by atoms with Gasteiger partial charge in [-0.25, -0.2) is 0 Å². The number of allylic oxidation sites excluding steroid dienone is 1. The van der Waals surface area contributed by atoms with Crippen LogP contribution in [-0.2, 0) is 39.8 Å². The van der Waals surface area contributed by atoms with E-state index in [2.05, 4.69) is 34.4 Å². The lowest BCUT2D eigenvalue weighted by molar-refractivity contribution is -0.163. The number of alkyl halides is 1. The van der Waals surface area contributed by atoms with Gasteiger partial charge in [0.15, 0.2) is 0 Å². The zero-order valence-electron chi connectivity index (χ0n) is 31.6. The van der Waals surface area contributed by atoms with Crippen LogP contribution in [0.15, 0.2) is 86.0 Å². The van der Waals surface area contributed by atoms with Gasteiger partial charge in [-0.2, -0.15) is 0 Å². The van der Waals surface area contributed by atoms with Crippen molar-refractivity contribution in [2.45, 2.75) is 105 Å². The van der Waals surface area contributed by atoms with Crippen LogP contribution in [0, 0.1) is 11.8 Å². The van der Waals surface area contributed by atoms with Crippen LogP contribution in [0.3, 0.4) is 0 Å². The fourth-order valence-corrected chi connectivity index (χ4v) is 10.3. The molecule has 3 amide bonds. The maximum absolute atomic E-state index is 15.2. The van der Waals surface area contributed by atoms with Crippen LogP contribution in [0.2, 0.25) is 0 Å². The van der Waals surface area contributed by atoms with Crippen molar-refractivity contribution in [3.05, 3.63) is 97.1 Å². The lowest BCUT2D eigenvalue weighted by Gasteiger charge is -2.42. The summed E-state index contributed by atoms with van der Waals surface area (Å²) in [6.45, 7) is 7.63. The van der Waals surface area contributed by atoms with E-state index in [0.717, 1.165) is 37.7 Å². The minimum Gasteiger partial charge on any atom is -0.455 e. The molecule has 9 atom stereocenters. The van der Waals surface area contributed by atoms with E-state index in [1.807, 2.05) is 65.6 Å². The van der Waals surface area contributed by atoms with Gasteiger partial charge in [0, 0.05) is 30.9 Å². The molecule has 55 heavy (non-hydrogen) atoms. The van der Waals surface area contributed by atoms with Crippen molar-refractivity contribution in [3.8, 4) is 0 Å². The van der Waals surface area contributed by atoms with E-state index in [1.165, 1.54) is 12.0 Å². The lowest BCUT2D eigenvalue weighted by atomic mass is 9.70. The van der Waals surface area contributed by atoms with Crippen molar-refractivity contribution in [1.82, 2.24) is 15.1 Å². The Bertz CT molecular complexity index is 1670. The predicted molar refractivity (Wildman–Crippen MR) is 211 cm³/mol. The fourth-order valence-electron chi connectivity index (χ4n) is 9.38. The zero-order valence-corrected chi connectivity index (χ0v) is 33.2. The highest BCUT2D eigenvalue weighted by Crippen LogP contribution is 2.61. The highest BCUT2D eigenvalue weighted by molar-refractivity contribution is 9.09. The summed E-state index contributed by atoms with van der Waals surface area (Å²) in [4.78, 5) is 61.1. The Morgan fingerprint density at radius 3 is 2.40 bits per heavy atom. The first-order chi connectivity index (χ1) is 26.7. The monoisotopic (exact) mass is 819 g/mol. The molecule has 1 aliphatic carbocycles. The molecule has 3 aliphatic heterocycles. The van der Waals surface area contributed by atoms with Crippen molar-refractivity contribution in [3.63, 3.8) is 0 Å². The van der Waals surface area contributed by atoms with Gasteiger partial charge in [0.1, 0.15) is 17.7 Å². The van der Waals surface area contributed by atoms with E-state index < -0.39 is 66.3 Å². The van der Waals surface area contributed by atoms with Gasteiger partial charge in [-0.05, 0) is 43.2 Å². The Kier molecular flexibility index (Phi) is 13.7. The molecule has 1 saturated carbocycles. The standard InChI is InChI=1S/C43H54BrN3O8/c1-4-6-22-34(49)45-33(27-53-3)37(29-18-12-8-13-19-29)54-42(52)35-36-40(50)47(31(26-48)24-28-16-10-7-11-17-28)39(43(36)25-32(44)38(35)55-43)41(51)46(23-5-2)30-20-14-9-15-21-30/h4-5,7-8,10-13,16-19,30-33,35-39,48H,1-2,6,9,14-15,20-27H2,3H3,(H,45,49)/t31-,32?,33-,35+,36-,37-,38+,39+,43-/m1/s1. The predicted octanol–water partition coefficient (Wildman–Crippen LogP) is 5.07. The maximum atomic E-state index is 15.2. The van der Waals surface area contributed by atoms with Crippen molar-refractivity contribution >= 4 is 39.6 Å². The number of esters is 1. The van der Waals surface area contributed by atoms with E-state index >= 15 is 9.59 Å². The summed E-state index contributed by atoms with van der Waals surface area (Å²) in [6, 6.07) is 16.0. The number of likely N-dealkylation sites (tertiary alicyclic amines) is 1. The summed E-state index contributed by atoms with van der Waals surface area (Å²) >= 11 is 3.79. The van der Waals surface area contributed by atoms with Crippen LogP contribution in [0.1, 0.15) is 68.6 Å². The summed E-state index contributed by atoms with van der Waals surface area (Å²) in [5.74, 6) is -3.71. The molecule has 11 nitrogen and oxygen atoms in total. The molecule has 2 aromatic rings. The minimum atomic E-state index is -1.36. The number of carbonyl (C=O) groups is 4. The number of fused-ring (bicyclic) bond motifs is 1. The van der Waals surface area contributed by atoms with Crippen molar-refractivity contribution in [2.75, 3.05) is 26.9 Å². The van der Waals surface area contributed by atoms with E-state index in [0.29, 0.717) is 31.4 Å². The second-order valence-electron chi connectivity index (χ2n) is 15.2. The Morgan fingerprint density at radius 2 is 1.76 bits per heavy atom. The van der Waals surface area contributed by atoms with E-state index in [-0.39, 0.29) is 35.7 Å². The van der Waals surface area contributed by atoms with Crippen molar-refractivity contribution < 1.29 is 38.5 Å². The van der Waals surface area contributed by atoms with Crippen molar-refractivity contribution in [2.24, 2.45) is 11.8 Å². The van der Waals surface area contributed by atoms with Crippen molar-refractivity contribution in [1.29, 1.82) is 0 Å². The second kappa shape index (κ2) is 18.4. The number of rotatable bonds is 18. The molecule has 2 N–H and O–H groups in total. The molecule has 3 saturated heterocycles. The second-order valence-corrected chi connectivity index (χ2v) is 16.4. The first-order valence-electron chi connectivity index (χ1n) is 19.5. The lowest BCUT2D eigenvalue weighted by Crippen LogP contribution is -2.61. The number of carbonyl (C=O) groups excluding carboxylic acids is 4. The molecule has 12 heteroatoms. The van der Waals surface area contributed by atoms with Gasteiger partial charge in [0.25, 0.3) is 0 Å². The average molecular weight is 821 g/mol. The molecule has 4 fully saturated rings. The number of halogens is 1. The smallest absolute Gasteiger partial charge is 0.313 e. The number of nitrogens with one attached hydrogen (secondary N) is 1. The number of aliphatic hydroxyl groups excluding tert-OH is 1. The molecule has 1 spiro atoms. The van der Waals surface area contributed by atoms with Gasteiger partial charge in [-0.3, -0.25) is 19.2 Å². The molecular weight excluding hydrogens is 766 g/mol. The van der Waals surface area contributed by atoms with Crippen LogP contribution in [0.5, 0.6) is 0 Å². The van der Waals surface area contributed by atoms with Crippen LogP contribution in [0.25, 0.3) is 0 Å². The summed E-state index contributed by atoms with van der Waals surface area (Å²) < 4.78 is 18.8. The van der Waals surface area contributed by atoms with E-state index in [9.17, 15) is 14.7 Å². The van der Waals surface area contributed by atoms with Gasteiger partial charge in [0.05, 0.1) is 43.2 Å². The third-order valence-electron chi connectivity index (χ3n) is 11.8. The van der Waals surface area contributed by atoms with E-state index in [1.54, 1.807) is 12.2 Å². The number of hydrogen-bond acceptors (Lipinski definition) is 8. The molecule has 296 valence electrons. The SMILES string of the molecule is C=CCCC(=O)N[C@H](COC)[C@H](OC(=O)[C@@H]1[C@H]2O[C@@]3(CC2Br)[C@H](C(=O)N(CC=C)C2CCCCC2)N([C@@H](CO)Cc2ccccc2)C(=O)[C@@H]13)c1ccccc1. The molecule has 2 bridgehead atoms. The molecule has 0 radical (unpaired) electrons. The molecule has 3 heterocycles. The number of ether oxygens (including phenoxy) is 3. The van der Waals surface area contributed by atoms with Crippen LogP contribution < -0.4 is 5.32 Å². The Balaban J connectivity index is 1.39. The van der Waals surface area contributed by atoms with Crippen LogP contribution >= 0.6 is 15.9 Å². The molecule has 4 aliphatic rings. The molecule has 2 aromatic carbocycles. The number of hydrogen-bond donors (Lipinski definition) is 2. The maximum Gasteiger partial charge on any atom is 0.313 e. The number of methoxy groups -OCH3 is 1. The van der Waals surface area contributed by atoms with Gasteiger partial charge < -0.3 is 34.4 Å². The van der Waals surface area contributed by atoms with E-state index in [4.69, 9.17) is 14.2 Å². The summed E-state index contributed by atoms with van der Waals surface area (Å²) in [7, 11) is 1.51. The highest BCUT2D eigenvalue weighted by Gasteiger charge is 2.77. The Labute approximate surface area is 332 Å². The van der Waals surface area contributed by atoms with Gasteiger partial charge in [0.2, 0.25) is 17.7 Å². The van der Waals surface area contributed by atoms with Crippen LogP contribution in [0.4, 0.5) is 0 Å². The van der Waals surface area contributed by atoms with Gasteiger partial charge >= 0.3 is 5.97 Å². The minimum absolute atomic E-state index is 0.0291. The topological polar surface area (TPSA) is 135 Å². The average Bonchev–Trinajstić information content (AvgIpc) is 3.81. The summed E-state index contributed by atoms with van der Waals surface area (Å²) in [5, 5.41) is 14.0. The highest BCUT2D eigenvalue weighted by atomic mass is 79.9. The number of benzene rings is 2. The fraction of sp³-hybridized carbons (Fsp3) is 0.535. The normalized spacial score (nSPS) is 27.5. The van der Waals surface area contributed by atoms with Crippen LogP contribution in [-0.4, -0.2) is 106 Å².